The lowest BCUT2D eigenvalue weighted by atomic mass is 9.99. The zero-order valence-electron chi connectivity index (χ0n) is 13.9. The van der Waals surface area contributed by atoms with Crippen molar-refractivity contribution in [1.29, 1.82) is 0 Å². The quantitative estimate of drug-likeness (QED) is 0.761. The predicted octanol–water partition coefficient (Wildman–Crippen LogP) is 3.69. The Balaban J connectivity index is 1.44. The fraction of sp³-hybridized carbons (Fsp3) is 0.588. The number of piperidine rings is 1. The number of nitrogens with zero attached hydrogens (tertiary/aromatic N) is 4. The van der Waals surface area contributed by atoms with Gasteiger partial charge >= 0.3 is 0 Å². The molecule has 3 heterocycles. The van der Waals surface area contributed by atoms with Gasteiger partial charge in [-0.3, -0.25) is 9.36 Å². The molecule has 0 bridgehead atoms. The Morgan fingerprint density at radius 3 is 2.75 bits per heavy atom. The smallest absolute Gasteiger partial charge is 0.233 e. The first-order chi connectivity index (χ1) is 11.7. The average Bonchev–Trinajstić information content (AvgIpc) is 3.11. The highest BCUT2D eigenvalue weighted by molar-refractivity contribution is 7.99. The van der Waals surface area contributed by atoms with E-state index in [1.807, 2.05) is 11.0 Å². The fourth-order valence-corrected chi connectivity index (χ4v) is 4.70. The summed E-state index contributed by atoms with van der Waals surface area (Å²) in [5.74, 6) is 2.39. The molecule has 2 fully saturated rings. The van der Waals surface area contributed by atoms with Crippen molar-refractivity contribution in [3.05, 3.63) is 17.5 Å². The molecule has 2 aromatic rings. The van der Waals surface area contributed by atoms with Gasteiger partial charge in [0.1, 0.15) is 0 Å². The number of aromatic nitrogens is 3. The summed E-state index contributed by atoms with van der Waals surface area (Å²) in [4.78, 5) is 15.6. The monoisotopic (exact) mass is 362 g/mol. The standard InChI is InChI=1S/C17H22N4OS2/c1-12-6-8-20(9-7-12)15(22)11-24-17-19-18-16(14-3-2-10-23-14)21(17)13-4-5-13/h2-3,10,12-13H,4-9,11H2,1H3. The zero-order valence-corrected chi connectivity index (χ0v) is 15.5. The number of thiophene rings is 1. The van der Waals surface area contributed by atoms with E-state index in [2.05, 4.69) is 33.1 Å². The van der Waals surface area contributed by atoms with Crippen molar-refractivity contribution >= 4 is 29.0 Å². The molecule has 2 aromatic heterocycles. The molecule has 1 amide bonds. The molecule has 4 rings (SSSR count). The maximum atomic E-state index is 12.5. The third-order valence-electron chi connectivity index (χ3n) is 4.78. The van der Waals surface area contributed by atoms with E-state index in [0.717, 1.165) is 47.7 Å². The summed E-state index contributed by atoms with van der Waals surface area (Å²) in [7, 11) is 0. The van der Waals surface area contributed by atoms with E-state index < -0.39 is 0 Å². The number of likely N-dealkylation sites (tertiary alicyclic amines) is 1. The fourth-order valence-electron chi connectivity index (χ4n) is 3.09. The Hall–Kier alpha value is -1.34. The first-order valence-corrected chi connectivity index (χ1v) is 10.5. The van der Waals surface area contributed by atoms with Crippen molar-refractivity contribution in [2.45, 2.75) is 43.8 Å². The van der Waals surface area contributed by atoms with Crippen molar-refractivity contribution in [2.24, 2.45) is 5.92 Å². The number of hydrogen-bond acceptors (Lipinski definition) is 5. The second-order valence-corrected chi connectivity index (χ2v) is 8.63. The van der Waals surface area contributed by atoms with Gasteiger partial charge in [0.15, 0.2) is 11.0 Å². The molecule has 24 heavy (non-hydrogen) atoms. The summed E-state index contributed by atoms with van der Waals surface area (Å²) < 4.78 is 2.24. The Labute approximate surface area is 150 Å². The van der Waals surface area contributed by atoms with E-state index in [4.69, 9.17) is 0 Å². The SMILES string of the molecule is CC1CCN(C(=O)CSc2nnc(-c3cccs3)n2C2CC2)CC1. The minimum Gasteiger partial charge on any atom is -0.342 e. The molecular formula is C17H22N4OS2. The molecule has 0 radical (unpaired) electrons. The molecular weight excluding hydrogens is 340 g/mol. The molecule has 2 aliphatic rings. The van der Waals surface area contributed by atoms with Gasteiger partial charge in [-0.2, -0.15) is 0 Å². The van der Waals surface area contributed by atoms with Crippen molar-refractivity contribution in [2.75, 3.05) is 18.8 Å². The highest BCUT2D eigenvalue weighted by atomic mass is 32.2. The highest BCUT2D eigenvalue weighted by Gasteiger charge is 2.31. The first kappa shape index (κ1) is 16.1. The van der Waals surface area contributed by atoms with E-state index in [1.165, 1.54) is 24.6 Å². The van der Waals surface area contributed by atoms with Gasteiger partial charge in [0.25, 0.3) is 0 Å². The second-order valence-electron chi connectivity index (χ2n) is 6.74. The lowest BCUT2D eigenvalue weighted by Crippen LogP contribution is -2.38. The summed E-state index contributed by atoms with van der Waals surface area (Å²) in [5.41, 5.74) is 0. The third-order valence-corrected chi connectivity index (χ3v) is 6.57. The molecule has 0 unspecified atom stereocenters. The van der Waals surface area contributed by atoms with Crippen LogP contribution in [0.1, 0.15) is 38.6 Å². The maximum Gasteiger partial charge on any atom is 0.233 e. The highest BCUT2D eigenvalue weighted by Crippen LogP contribution is 2.41. The van der Waals surface area contributed by atoms with E-state index in [-0.39, 0.29) is 5.91 Å². The largest absolute Gasteiger partial charge is 0.342 e. The van der Waals surface area contributed by atoms with Crippen LogP contribution < -0.4 is 0 Å². The van der Waals surface area contributed by atoms with Gasteiger partial charge in [0.2, 0.25) is 5.91 Å². The lowest BCUT2D eigenvalue weighted by Gasteiger charge is -2.30. The van der Waals surface area contributed by atoms with Crippen molar-refractivity contribution in [1.82, 2.24) is 19.7 Å². The normalized spacial score (nSPS) is 19.0. The number of rotatable bonds is 5. The summed E-state index contributed by atoms with van der Waals surface area (Å²) in [6.45, 7) is 4.06. The van der Waals surface area contributed by atoms with Gasteiger partial charge in [0.05, 0.1) is 10.6 Å². The van der Waals surface area contributed by atoms with Crippen molar-refractivity contribution < 1.29 is 4.79 Å². The van der Waals surface area contributed by atoms with Gasteiger partial charge in [-0.15, -0.1) is 21.5 Å². The van der Waals surface area contributed by atoms with Crippen LogP contribution in [-0.4, -0.2) is 44.4 Å². The van der Waals surface area contributed by atoms with Gasteiger partial charge in [-0.05, 0) is 43.0 Å². The molecule has 1 saturated carbocycles. The predicted molar refractivity (Wildman–Crippen MR) is 97.3 cm³/mol. The molecule has 128 valence electrons. The number of carbonyl (C=O) groups excluding carboxylic acids is 1. The van der Waals surface area contributed by atoms with E-state index in [1.54, 1.807) is 11.3 Å². The summed E-state index contributed by atoms with van der Waals surface area (Å²) >= 11 is 3.23. The third kappa shape index (κ3) is 3.37. The number of carbonyl (C=O) groups is 1. The van der Waals surface area contributed by atoms with Crippen LogP contribution in [0.2, 0.25) is 0 Å². The number of hydrogen-bond donors (Lipinski definition) is 0. The van der Waals surface area contributed by atoms with E-state index >= 15 is 0 Å². The zero-order chi connectivity index (χ0) is 16.5. The molecule has 1 aliphatic carbocycles. The van der Waals surface area contributed by atoms with Gasteiger partial charge in [-0.1, -0.05) is 24.8 Å². The Bertz CT molecular complexity index is 700. The molecule has 7 heteroatoms. The molecule has 1 saturated heterocycles. The molecule has 0 N–H and O–H groups in total. The van der Waals surface area contributed by atoms with Crippen LogP contribution in [0.4, 0.5) is 0 Å². The van der Waals surface area contributed by atoms with Crippen LogP contribution in [0.5, 0.6) is 0 Å². The number of thioether (sulfide) groups is 1. The van der Waals surface area contributed by atoms with Crippen LogP contribution in [0.25, 0.3) is 10.7 Å². The minimum atomic E-state index is 0.231. The minimum absolute atomic E-state index is 0.231. The van der Waals surface area contributed by atoms with Crippen molar-refractivity contribution in [3.8, 4) is 10.7 Å². The first-order valence-electron chi connectivity index (χ1n) is 8.61. The lowest BCUT2D eigenvalue weighted by molar-refractivity contribution is -0.129. The second kappa shape index (κ2) is 6.88. The number of amides is 1. The Kier molecular flexibility index (Phi) is 4.63. The van der Waals surface area contributed by atoms with Gasteiger partial charge in [-0.25, -0.2) is 0 Å². The molecule has 0 spiro atoms. The molecule has 0 atom stereocenters. The van der Waals surface area contributed by atoms with Crippen molar-refractivity contribution in [3.63, 3.8) is 0 Å². The summed E-state index contributed by atoms with van der Waals surface area (Å²) in [6.07, 6.45) is 4.61. The van der Waals surface area contributed by atoms with Gasteiger partial charge in [0, 0.05) is 19.1 Å². The molecule has 0 aromatic carbocycles. The maximum absolute atomic E-state index is 12.5. The molecule has 5 nitrogen and oxygen atoms in total. The van der Waals surface area contributed by atoms with Crippen LogP contribution in [0.15, 0.2) is 22.7 Å². The van der Waals surface area contributed by atoms with E-state index in [9.17, 15) is 4.79 Å². The summed E-state index contributed by atoms with van der Waals surface area (Å²) in [6, 6.07) is 4.63. The van der Waals surface area contributed by atoms with Gasteiger partial charge < -0.3 is 4.90 Å². The Morgan fingerprint density at radius 2 is 2.08 bits per heavy atom. The summed E-state index contributed by atoms with van der Waals surface area (Å²) in [5, 5.41) is 11.7. The van der Waals surface area contributed by atoms with Crippen LogP contribution >= 0.6 is 23.1 Å². The average molecular weight is 363 g/mol. The van der Waals surface area contributed by atoms with Crippen LogP contribution in [0.3, 0.4) is 0 Å². The molecule has 1 aliphatic heterocycles. The van der Waals surface area contributed by atoms with Crippen LogP contribution in [0, 0.1) is 5.92 Å². The Morgan fingerprint density at radius 1 is 1.29 bits per heavy atom. The van der Waals surface area contributed by atoms with Crippen LogP contribution in [-0.2, 0) is 4.79 Å². The topological polar surface area (TPSA) is 51.0 Å². The van der Waals surface area contributed by atoms with E-state index in [0.29, 0.717) is 11.8 Å².